The number of benzene rings is 1. The highest BCUT2D eigenvalue weighted by Gasteiger charge is 2.19. The van der Waals surface area contributed by atoms with E-state index in [1.165, 1.54) is 31.2 Å². The number of ketones is 1. The predicted molar refractivity (Wildman–Crippen MR) is 78.0 cm³/mol. The molecule has 0 amide bonds. The summed E-state index contributed by atoms with van der Waals surface area (Å²) in [6.07, 6.45) is 0.727. The van der Waals surface area contributed by atoms with Crippen LogP contribution in [-0.2, 0) is 14.3 Å². The van der Waals surface area contributed by atoms with Crippen molar-refractivity contribution in [2.24, 2.45) is 0 Å². The van der Waals surface area contributed by atoms with Gasteiger partial charge < -0.3 is 4.74 Å². The number of Topliss-reactive ketones (excluding diaryl/α,β-unsaturated/α-hetero) is 1. The van der Waals surface area contributed by atoms with Crippen LogP contribution in [0.3, 0.4) is 0 Å². The first kappa shape index (κ1) is 16.8. The number of nitro benzene ring substituents is 1. The summed E-state index contributed by atoms with van der Waals surface area (Å²) in [5.41, 5.74) is 0.0477. The molecule has 0 bridgehead atoms. The lowest BCUT2D eigenvalue weighted by molar-refractivity contribution is -0.384. The standard InChI is InChI=1S/C14H14ClNO5/c1-9(8-15)21-14(18)13(10(2)17)7-11-4-3-5-12(6-11)16(19)20/h3-7,9H,8H2,1-2H3. The summed E-state index contributed by atoms with van der Waals surface area (Å²) in [5.74, 6) is -1.19. The lowest BCUT2D eigenvalue weighted by atomic mass is 10.1. The molecular weight excluding hydrogens is 298 g/mol. The molecule has 0 saturated heterocycles. The van der Waals surface area contributed by atoms with Crippen LogP contribution < -0.4 is 0 Å². The zero-order chi connectivity index (χ0) is 16.0. The van der Waals surface area contributed by atoms with Crippen LogP contribution in [0.15, 0.2) is 29.8 Å². The molecular formula is C14H14ClNO5. The lowest BCUT2D eigenvalue weighted by Crippen LogP contribution is -2.20. The van der Waals surface area contributed by atoms with E-state index in [4.69, 9.17) is 16.3 Å². The van der Waals surface area contributed by atoms with Crippen molar-refractivity contribution in [3.05, 3.63) is 45.5 Å². The summed E-state index contributed by atoms with van der Waals surface area (Å²) in [5, 5.41) is 10.7. The zero-order valence-corrected chi connectivity index (χ0v) is 12.3. The zero-order valence-electron chi connectivity index (χ0n) is 11.5. The molecule has 1 aromatic rings. The van der Waals surface area contributed by atoms with Gasteiger partial charge in [0, 0.05) is 12.1 Å². The third kappa shape index (κ3) is 5.00. The number of esters is 1. The van der Waals surface area contributed by atoms with Crippen LogP contribution in [0.1, 0.15) is 19.4 Å². The van der Waals surface area contributed by atoms with E-state index in [1.54, 1.807) is 13.0 Å². The number of nitro groups is 1. The van der Waals surface area contributed by atoms with Gasteiger partial charge in [0.15, 0.2) is 5.78 Å². The van der Waals surface area contributed by atoms with E-state index in [1.807, 2.05) is 0 Å². The Balaban J connectivity index is 3.10. The van der Waals surface area contributed by atoms with E-state index < -0.39 is 22.8 Å². The van der Waals surface area contributed by atoms with Crippen molar-refractivity contribution in [1.82, 2.24) is 0 Å². The van der Waals surface area contributed by atoms with Crippen LogP contribution in [-0.4, -0.2) is 28.7 Å². The van der Waals surface area contributed by atoms with Gasteiger partial charge in [-0.15, -0.1) is 11.6 Å². The molecule has 0 N–H and O–H groups in total. The van der Waals surface area contributed by atoms with Gasteiger partial charge in [0.05, 0.1) is 10.8 Å². The van der Waals surface area contributed by atoms with Gasteiger partial charge in [-0.25, -0.2) is 4.79 Å². The van der Waals surface area contributed by atoms with Crippen molar-refractivity contribution in [3.63, 3.8) is 0 Å². The SMILES string of the molecule is CC(=O)C(=Cc1cccc([N+](=O)[O-])c1)C(=O)OC(C)CCl. The number of halogens is 1. The fraction of sp³-hybridized carbons (Fsp3) is 0.286. The maximum Gasteiger partial charge on any atom is 0.342 e. The Morgan fingerprint density at radius 2 is 2.14 bits per heavy atom. The van der Waals surface area contributed by atoms with Crippen LogP contribution >= 0.6 is 11.6 Å². The molecule has 1 atom stereocenters. The fourth-order valence-corrected chi connectivity index (χ4v) is 1.54. The van der Waals surface area contributed by atoms with Crippen LogP contribution in [0.2, 0.25) is 0 Å². The highest BCUT2D eigenvalue weighted by atomic mass is 35.5. The molecule has 0 heterocycles. The van der Waals surface area contributed by atoms with E-state index in [2.05, 4.69) is 0 Å². The van der Waals surface area contributed by atoms with Crippen molar-refractivity contribution >= 4 is 35.1 Å². The minimum Gasteiger partial charge on any atom is -0.458 e. The van der Waals surface area contributed by atoms with Gasteiger partial charge in [-0.05, 0) is 25.5 Å². The van der Waals surface area contributed by atoms with Crippen LogP contribution in [0.5, 0.6) is 0 Å². The maximum atomic E-state index is 11.9. The van der Waals surface area contributed by atoms with Crippen molar-refractivity contribution in [3.8, 4) is 0 Å². The summed E-state index contributed by atoms with van der Waals surface area (Å²) < 4.78 is 4.98. The number of rotatable bonds is 6. The third-order valence-corrected chi connectivity index (χ3v) is 2.95. The Bertz CT molecular complexity index is 597. The van der Waals surface area contributed by atoms with Gasteiger partial charge in [-0.3, -0.25) is 14.9 Å². The van der Waals surface area contributed by atoms with Gasteiger partial charge in [0.25, 0.3) is 5.69 Å². The Kier molecular flexibility index (Phi) is 6.05. The summed E-state index contributed by atoms with van der Waals surface area (Å²) in [6.45, 7) is 2.81. The largest absolute Gasteiger partial charge is 0.458 e. The Hall–Kier alpha value is -2.21. The third-order valence-electron chi connectivity index (χ3n) is 2.52. The highest BCUT2D eigenvalue weighted by molar-refractivity contribution is 6.20. The summed E-state index contributed by atoms with van der Waals surface area (Å²) >= 11 is 5.54. The average Bonchev–Trinajstić information content (AvgIpc) is 2.44. The van der Waals surface area contributed by atoms with Gasteiger partial charge in [-0.1, -0.05) is 12.1 Å². The number of ether oxygens (including phenoxy) is 1. The molecule has 0 aromatic heterocycles. The van der Waals surface area contributed by atoms with Gasteiger partial charge in [0.2, 0.25) is 0 Å². The number of hydrogen-bond donors (Lipinski definition) is 0. The number of carbonyl (C=O) groups is 2. The van der Waals surface area contributed by atoms with E-state index in [9.17, 15) is 19.7 Å². The number of carbonyl (C=O) groups excluding carboxylic acids is 2. The Morgan fingerprint density at radius 3 is 2.67 bits per heavy atom. The average molecular weight is 312 g/mol. The van der Waals surface area contributed by atoms with Gasteiger partial charge in [-0.2, -0.15) is 0 Å². The molecule has 0 aliphatic heterocycles. The minimum atomic E-state index is -0.804. The van der Waals surface area contributed by atoms with Gasteiger partial charge in [0.1, 0.15) is 11.7 Å². The molecule has 1 rings (SSSR count). The number of hydrogen-bond acceptors (Lipinski definition) is 5. The molecule has 0 aliphatic rings. The van der Waals surface area contributed by atoms with Crippen molar-refractivity contribution in [2.45, 2.75) is 20.0 Å². The molecule has 21 heavy (non-hydrogen) atoms. The molecule has 0 radical (unpaired) electrons. The second kappa shape index (κ2) is 7.54. The Morgan fingerprint density at radius 1 is 1.48 bits per heavy atom. The molecule has 6 nitrogen and oxygen atoms in total. The smallest absolute Gasteiger partial charge is 0.342 e. The first-order chi connectivity index (χ1) is 9.85. The number of alkyl halides is 1. The van der Waals surface area contributed by atoms with Crippen LogP contribution in [0.4, 0.5) is 5.69 Å². The topological polar surface area (TPSA) is 86.5 Å². The van der Waals surface area contributed by atoms with Crippen molar-refractivity contribution in [1.29, 1.82) is 0 Å². The first-order valence-corrected chi connectivity index (χ1v) is 6.62. The monoisotopic (exact) mass is 311 g/mol. The second-order valence-electron chi connectivity index (χ2n) is 4.34. The summed E-state index contributed by atoms with van der Waals surface area (Å²) in [7, 11) is 0. The predicted octanol–water partition coefficient (Wildman–Crippen LogP) is 2.74. The second-order valence-corrected chi connectivity index (χ2v) is 4.65. The molecule has 1 unspecified atom stereocenters. The minimum absolute atomic E-state index is 0.105. The van der Waals surface area contributed by atoms with Crippen LogP contribution in [0, 0.1) is 10.1 Å². The normalized spacial score (nSPS) is 12.6. The summed E-state index contributed by atoms with van der Waals surface area (Å²) in [4.78, 5) is 33.6. The number of nitrogens with zero attached hydrogens (tertiary/aromatic N) is 1. The van der Waals surface area contributed by atoms with E-state index >= 15 is 0 Å². The lowest BCUT2D eigenvalue weighted by Gasteiger charge is -2.10. The molecule has 7 heteroatoms. The van der Waals surface area contributed by atoms with E-state index in [0.717, 1.165) is 0 Å². The summed E-state index contributed by atoms with van der Waals surface area (Å²) in [6, 6.07) is 5.60. The molecule has 0 saturated carbocycles. The Labute approximate surface area is 126 Å². The molecule has 0 spiro atoms. The van der Waals surface area contributed by atoms with Gasteiger partial charge >= 0.3 is 5.97 Å². The van der Waals surface area contributed by atoms with E-state index in [-0.39, 0.29) is 17.1 Å². The number of non-ortho nitro benzene ring substituents is 1. The highest BCUT2D eigenvalue weighted by Crippen LogP contribution is 2.17. The molecule has 112 valence electrons. The quantitative estimate of drug-likeness (QED) is 0.153. The van der Waals surface area contributed by atoms with Crippen molar-refractivity contribution < 1.29 is 19.2 Å². The molecule has 1 aromatic carbocycles. The first-order valence-electron chi connectivity index (χ1n) is 6.09. The van der Waals surface area contributed by atoms with Crippen LogP contribution in [0.25, 0.3) is 6.08 Å². The van der Waals surface area contributed by atoms with E-state index in [0.29, 0.717) is 5.56 Å². The molecule has 0 aliphatic carbocycles. The molecule has 0 fully saturated rings. The fourth-order valence-electron chi connectivity index (χ4n) is 1.48. The maximum absolute atomic E-state index is 11.9. The van der Waals surface area contributed by atoms with Crippen molar-refractivity contribution in [2.75, 3.05) is 5.88 Å².